The van der Waals surface area contributed by atoms with Gasteiger partial charge in [0.25, 0.3) is 5.91 Å². The standard InChI is InChI=1S/C13H14N4O/c14-10-11(8-6-7-8)16-17-12(10)13(18)15-9-4-2-1-3-5-9/h1-5,8H,6-7,14H2,(H,15,18)(H,16,17). The fourth-order valence-electron chi connectivity index (χ4n) is 1.93. The van der Waals surface area contributed by atoms with Gasteiger partial charge in [0.2, 0.25) is 0 Å². The van der Waals surface area contributed by atoms with Crippen molar-refractivity contribution in [3.63, 3.8) is 0 Å². The van der Waals surface area contributed by atoms with E-state index < -0.39 is 0 Å². The number of carbonyl (C=O) groups excluding carboxylic acids is 1. The van der Waals surface area contributed by atoms with Crippen LogP contribution in [0.25, 0.3) is 0 Å². The molecule has 1 aromatic heterocycles. The molecule has 0 spiro atoms. The third-order valence-corrected chi connectivity index (χ3v) is 3.07. The lowest BCUT2D eigenvalue weighted by Crippen LogP contribution is -2.14. The van der Waals surface area contributed by atoms with Crippen LogP contribution in [0.2, 0.25) is 0 Å². The molecule has 4 N–H and O–H groups in total. The molecular formula is C13H14N4O. The zero-order valence-electron chi connectivity index (χ0n) is 9.81. The van der Waals surface area contributed by atoms with Gasteiger partial charge in [-0.3, -0.25) is 9.89 Å². The number of carbonyl (C=O) groups is 1. The summed E-state index contributed by atoms with van der Waals surface area (Å²) < 4.78 is 0. The molecule has 0 radical (unpaired) electrons. The van der Waals surface area contributed by atoms with Crippen LogP contribution in [0, 0.1) is 0 Å². The van der Waals surface area contributed by atoms with Crippen molar-refractivity contribution in [3.8, 4) is 0 Å². The van der Waals surface area contributed by atoms with Gasteiger partial charge in [-0.2, -0.15) is 5.10 Å². The molecule has 1 aromatic carbocycles. The number of hydrogen-bond acceptors (Lipinski definition) is 3. The van der Waals surface area contributed by atoms with Gasteiger partial charge in [-0.25, -0.2) is 0 Å². The molecule has 1 saturated carbocycles. The lowest BCUT2D eigenvalue weighted by atomic mass is 10.2. The number of hydrogen-bond donors (Lipinski definition) is 3. The van der Waals surface area contributed by atoms with Crippen LogP contribution in [0.4, 0.5) is 11.4 Å². The van der Waals surface area contributed by atoms with E-state index in [4.69, 9.17) is 5.73 Å². The first-order valence-corrected chi connectivity index (χ1v) is 5.96. The maximum absolute atomic E-state index is 12.0. The van der Waals surface area contributed by atoms with Crippen molar-refractivity contribution in [1.82, 2.24) is 10.2 Å². The van der Waals surface area contributed by atoms with E-state index in [1.54, 1.807) is 0 Å². The molecule has 0 aliphatic heterocycles. The van der Waals surface area contributed by atoms with Crippen LogP contribution in [-0.4, -0.2) is 16.1 Å². The Kier molecular flexibility index (Phi) is 2.51. The lowest BCUT2D eigenvalue weighted by molar-refractivity contribution is 0.102. The molecule has 3 rings (SSSR count). The monoisotopic (exact) mass is 242 g/mol. The number of nitrogen functional groups attached to an aromatic ring is 1. The normalized spacial score (nSPS) is 14.4. The summed E-state index contributed by atoms with van der Waals surface area (Å²) >= 11 is 0. The Bertz CT molecular complexity index is 572. The van der Waals surface area contributed by atoms with E-state index >= 15 is 0 Å². The van der Waals surface area contributed by atoms with Gasteiger partial charge in [0, 0.05) is 11.6 Å². The number of aromatic amines is 1. The molecule has 0 saturated heterocycles. The van der Waals surface area contributed by atoms with Crippen molar-refractivity contribution >= 4 is 17.3 Å². The topological polar surface area (TPSA) is 83.8 Å². The smallest absolute Gasteiger partial charge is 0.278 e. The second kappa shape index (κ2) is 4.18. The fourth-order valence-corrected chi connectivity index (χ4v) is 1.93. The second-order valence-electron chi connectivity index (χ2n) is 4.49. The number of rotatable bonds is 3. The molecule has 1 heterocycles. The van der Waals surface area contributed by atoms with Crippen molar-refractivity contribution in [2.45, 2.75) is 18.8 Å². The van der Waals surface area contributed by atoms with Crippen molar-refractivity contribution in [3.05, 3.63) is 41.7 Å². The summed E-state index contributed by atoms with van der Waals surface area (Å²) in [6, 6.07) is 9.26. The predicted octanol–water partition coefficient (Wildman–Crippen LogP) is 2.12. The number of aromatic nitrogens is 2. The summed E-state index contributed by atoms with van der Waals surface area (Å²) in [5.74, 6) is 0.178. The molecule has 1 aliphatic carbocycles. The number of H-pyrrole nitrogens is 1. The van der Waals surface area contributed by atoms with Crippen molar-refractivity contribution in [2.75, 3.05) is 11.1 Å². The fraction of sp³-hybridized carbons (Fsp3) is 0.231. The zero-order valence-corrected chi connectivity index (χ0v) is 9.81. The molecule has 1 aliphatic rings. The quantitative estimate of drug-likeness (QED) is 0.770. The van der Waals surface area contributed by atoms with Gasteiger partial charge in [-0.1, -0.05) is 18.2 Å². The molecule has 18 heavy (non-hydrogen) atoms. The highest BCUT2D eigenvalue weighted by Gasteiger charge is 2.30. The van der Waals surface area contributed by atoms with Crippen molar-refractivity contribution in [2.24, 2.45) is 0 Å². The SMILES string of the molecule is Nc1c(C(=O)Nc2ccccc2)n[nH]c1C1CC1. The van der Waals surface area contributed by atoms with Crippen LogP contribution in [-0.2, 0) is 0 Å². The van der Waals surface area contributed by atoms with Gasteiger partial charge in [-0.05, 0) is 25.0 Å². The number of nitrogens with zero attached hydrogens (tertiary/aromatic N) is 1. The van der Waals surface area contributed by atoms with Crippen molar-refractivity contribution in [1.29, 1.82) is 0 Å². The summed E-state index contributed by atoms with van der Waals surface area (Å²) in [5, 5.41) is 9.65. The molecule has 0 bridgehead atoms. The van der Waals surface area contributed by atoms with Crippen LogP contribution >= 0.6 is 0 Å². The molecule has 2 aromatic rings. The molecule has 1 amide bonds. The molecule has 0 unspecified atom stereocenters. The Morgan fingerprint density at radius 1 is 1.33 bits per heavy atom. The highest BCUT2D eigenvalue weighted by atomic mass is 16.2. The number of nitrogens with one attached hydrogen (secondary N) is 2. The van der Waals surface area contributed by atoms with Gasteiger partial charge in [0.05, 0.1) is 11.4 Å². The zero-order chi connectivity index (χ0) is 12.5. The molecule has 1 fully saturated rings. The number of anilines is 2. The largest absolute Gasteiger partial charge is 0.395 e. The van der Waals surface area contributed by atoms with E-state index in [0.717, 1.165) is 24.2 Å². The van der Waals surface area contributed by atoms with E-state index in [1.807, 2.05) is 30.3 Å². The first-order chi connectivity index (χ1) is 8.75. The number of nitrogens with two attached hydrogens (primary N) is 1. The molecule has 92 valence electrons. The van der Waals surface area contributed by atoms with E-state index in [0.29, 0.717) is 11.6 Å². The van der Waals surface area contributed by atoms with Gasteiger partial charge in [0.1, 0.15) is 0 Å². The Hall–Kier alpha value is -2.30. The van der Waals surface area contributed by atoms with Crippen LogP contribution in [0.1, 0.15) is 34.9 Å². The minimum atomic E-state index is -0.276. The second-order valence-corrected chi connectivity index (χ2v) is 4.49. The van der Waals surface area contributed by atoms with Gasteiger partial charge in [-0.15, -0.1) is 0 Å². The van der Waals surface area contributed by atoms with Gasteiger partial charge >= 0.3 is 0 Å². The first kappa shape index (κ1) is 10.8. The Balaban J connectivity index is 1.80. The number of para-hydroxylation sites is 1. The van der Waals surface area contributed by atoms with Crippen LogP contribution < -0.4 is 11.1 Å². The summed E-state index contributed by atoms with van der Waals surface area (Å²) in [5.41, 5.74) is 8.33. The Morgan fingerprint density at radius 2 is 2.06 bits per heavy atom. The maximum Gasteiger partial charge on any atom is 0.278 e. The van der Waals surface area contributed by atoms with Gasteiger partial charge in [0.15, 0.2) is 5.69 Å². The lowest BCUT2D eigenvalue weighted by Gasteiger charge is -2.03. The average Bonchev–Trinajstić information content (AvgIpc) is 3.14. The predicted molar refractivity (Wildman–Crippen MR) is 69.4 cm³/mol. The highest BCUT2D eigenvalue weighted by Crippen LogP contribution is 2.42. The minimum absolute atomic E-state index is 0.276. The van der Waals surface area contributed by atoms with Crippen LogP contribution in [0.15, 0.2) is 30.3 Å². The minimum Gasteiger partial charge on any atom is -0.395 e. The van der Waals surface area contributed by atoms with E-state index in [9.17, 15) is 4.79 Å². The van der Waals surface area contributed by atoms with Crippen LogP contribution in [0.3, 0.4) is 0 Å². The number of amides is 1. The van der Waals surface area contributed by atoms with E-state index in [2.05, 4.69) is 15.5 Å². The average molecular weight is 242 g/mol. The van der Waals surface area contributed by atoms with Crippen molar-refractivity contribution < 1.29 is 4.79 Å². The molecule has 0 atom stereocenters. The Morgan fingerprint density at radius 3 is 2.72 bits per heavy atom. The molecule has 5 nitrogen and oxygen atoms in total. The van der Waals surface area contributed by atoms with E-state index in [1.165, 1.54) is 0 Å². The maximum atomic E-state index is 12.0. The molecular weight excluding hydrogens is 228 g/mol. The Labute approximate surface area is 104 Å². The third-order valence-electron chi connectivity index (χ3n) is 3.07. The first-order valence-electron chi connectivity index (χ1n) is 5.96. The third kappa shape index (κ3) is 1.95. The summed E-state index contributed by atoms with van der Waals surface area (Å²) in [6.07, 6.45) is 2.23. The van der Waals surface area contributed by atoms with E-state index in [-0.39, 0.29) is 11.6 Å². The van der Waals surface area contributed by atoms with Gasteiger partial charge < -0.3 is 11.1 Å². The number of benzene rings is 1. The highest BCUT2D eigenvalue weighted by molar-refractivity contribution is 6.06. The summed E-state index contributed by atoms with van der Waals surface area (Å²) in [7, 11) is 0. The van der Waals surface area contributed by atoms with Crippen LogP contribution in [0.5, 0.6) is 0 Å². The summed E-state index contributed by atoms with van der Waals surface area (Å²) in [4.78, 5) is 12.0. The summed E-state index contributed by atoms with van der Waals surface area (Å²) in [6.45, 7) is 0. The molecule has 5 heteroatoms.